The van der Waals surface area contributed by atoms with E-state index in [2.05, 4.69) is 21.5 Å². The predicted octanol–water partition coefficient (Wildman–Crippen LogP) is 4.61. The number of nitrogens with two attached hydrogens (primary N) is 1. The van der Waals surface area contributed by atoms with Crippen molar-refractivity contribution < 1.29 is 27.8 Å². The highest BCUT2D eigenvalue weighted by atomic mass is 31.2. The SMILES string of the molecule is C=C1OC(COP(=O)(COCCn2cnc3c(=O)[nH]c(N)nc32)OCc2ccc(C)cc2)=C(c2ccc(C)cc2)O1. The molecule has 0 spiro atoms. The molecule has 2 aromatic heterocycles. The predicted molar refractivity (Wildman–Crippen MR) is 152 cm³/mol. The van der Waals surface area contributed by atoms with Crippen molar-refractivity contribution in [2.45, 2.75) is 27.0 Å². The molecule has 1 aliphatic heterocycles. The Morgan fingerprint density at radius 3 is 2.44 bits per heavy atom. The van der Waals surface area contributed by atoms with Crippen LogP contribution in [0, 0.1) is 13.8 Å². The third-order valence-electron chi connectivity index (χ3n) is 6.18. The smallest absolute Gasteiger partial charge is 0.356 e. The third kappa shape index (κ3) is 6.93. The summed E-state index contributed by atoms with van der Waals surface area (Å²) in [6.07, 6.45) is 1.12. The molecule has 0 saturated carbocycles. The van der Waals surface area contributed by atoms with Crippen LogP contribution in [0.4, 0.5) is 5.95 Å². The van der Waals surface area contributed by atoms with Crippen molar-refractivity contribution in [2.75, 3.05) is 25.3 Å². The summed E-state index contributed by atoms with van der Waals surface area (Å²) in [6.45, 7) is 7.92. The summed E-state index contributed by atoms with van der Waals surface area (Å²) < 4.78 is 44.1. The van der Waals surface area contributed by atoms with Gasteiger partial charge in [0.1, 0.15) is 13.0 Å². The lowest BCUT2D eigenvalue weighted by molar-refractivity contribution is 0.115. The largest absolute Gasteiger partial charge is 0.424 e. The van der Waals surface area contributed by atoms with Crippen molar-refractivity contribution in [2.24, 2.45) is 0 Å². The molecule has 0 bridgehead atoms. The molecule has 0 amide bonds. The van der Waals surface area contributed by atoms with Gasteiger partial charge in [0.25, 0.3) is 11.5 Å². The fourth-order valence-electron chi connectivity index (χ4n) is 3.99. The van der Waals surface area contributed by atoms with Gasteiger partial charge in [0.05, 0.1) is 19.5 Å². The fourth-order valence-corrected chi connectivity index (χ4v) is 5.23. The highest BCUT2D eigenvalue weighted by molar-refractivity contribution is 7.53. The van der Waals surface area contributed by atoms with Crippen molar-refractivity contribution in [3.05, 3.63) is 106 Å². The second-order valence-electron chi connectivity index (χ2n) is 9.44. The van der Waals surface area contributed by atoms with Gasteiger partial charge in [-0.2, -0.15) is 4.98 Å². The molecular weight excluding hydrogens is 549 g/mol. The second kappa shape index (κ2) is 12.1. The van der Waals surface area contributed by atoms with E-state index in [0.29, 0.717) is 17.2 Å². The van der Waals surface area contributed by atoms with E-state index in [-0.39, 0.29) is 50.1 Å². The summed E-state index contributed by atoms with van der Waals surface area (Å²) in [7, 11) is -3.80. The zero-order valence-electron chi connectivity index (χ0n) is 22.7. The number of ether oxygens (including phenoxy) is 3. The van der Waals surface area contributed by atoms with Gasteiger partial charge in [0.2, 0.25) is 5.95 Å². The van der Waals surface area contributed by atoms with E-state index in [9.17, 15) is 9.36 Å². The van der Waals surface area contributed by atoms with Gasteiger partial charge in [-0.25, -0.2) is 4.98 Å². The van der Waals surface area contributed by atoms with E-state index in [4.69, 9.17) is 29.0 Å². The maximum Gasteiger partial charge on any atom is 0.356 e. The van der Waals surface area contributed by atoms with Crippen LogP contribution in [0.25, 0.3) is 16.9 Å². The first-order chi connectivity index (χ1) is 19.7. The summed E-state index contributed by atoms with van der Waals surface area (Å²) in [5, 5.41) is 0. The molecule has 3 N–H and O–H groups in total. The van der Waals surface area contributed by atoms with Gasteiger partial charge < -0.3 is 29.0 Å². The van der Waals surface area contributed by atoms with E-state index in [1.165, 1.54) is 6.33 Å². The van der Waals surface area contributed by atoms with E-state index in [1.807, 2.05) is 62.4 Å². The molecule has 1 aliphatic rings. The zero-order chi connectivity index (χ0) is 29.0. The number of aromatic nitrogens is 4. The highest BCUT2D eigenvalue weighted by Crippen LogP contribution is 2.50. The first kappa shape index (κ1) is 28.3. The number of aromatic amines is 1. The van der Waals surface area contributed by atoms with E-state index >= 15 is 0 Å². The Hall–Kier alpha value is -4.22. The number of aryl methyl sites for hydroxylation is 2. The Morgan fingerprint density at radius 2 is 1.71 bits per heavy atom. The molecule has 0 fully saturated rings. The summed E-state index contributed by atoms with van der Waals surface area (Å²) in [5.41, 5.74) is 9.48. The number of benzene rings is 2. The van der Waals surface area contributed by atoms with Crippen LogP contribution in [0.15, 0.2) is 77.9 Å². The molecule has 0 aliphatic carbocycles. The highest BCUT2D eigenvalue weighted by Gasteiger charge is 2.30. The van der Waals surface area contributed by atoms with Crippen LogP contribution in [0.1, 0.15) is 22.3 Å². The van der Waals surface area contributed by atoms with Gasteiger partial charge in [-0.05, 0) is 26.0 Å². The number of rotatable bonds is 12. The molecule has 1 unspecified atom stereocenters. The van der Waals surface area contributed by atoms with Crippen LogP contribution < -0.4 is 11.3 Å². The Morgan fingerprint density at radius 1 is 1.02 bits per heavy atom. The van der Waals surface area contributed by atoms with Gasteiger partial charge in [-0.15, -0.1) is 0 Å². The van der Waals surface area contributed by atoms with E-state index in [0.717, 1.165) is 22.3 Å². The lowest BCUT2D eigenvalue weighted by Crippen LogP contribution is -2.13. The molecule has 0 radical (unpaired) electrons. The molecule has 13 heteroatoms. The molecule has 5 rings (SSSR count). The van der Waals surface area contributed by atoms with Gasteiger partial charge in [0, 0.05) is 12.1 Å². The lowest BCUT2D eigenvalue weighted by Gasteiger charge is -2.19. The second-order valence-corrected chi connectivity index (χ2v) is 11.4. The van der Waals surface area contributed by atoms with Crippen molar-refractivity contribution in [3.8, 4) is 0 Å². The van der Waals surface area contributed by atoms with Crippen molar-refractivity contribution in [1.29, 1.82) is 0 Å². The van der Waals surface area contributed by atoms with Crippen LogP contribution >= 0.6 is 7.60 Å². The first-order valence-corrected chi connectivity index (χ1v) is 14.5. The summed E-state index contributed by atoms with van der Waals surface area (Å²) in [6, 6.07) is 15.3. The Kier molecular flexibility index (Phi) is 8.36. The maximum atomic E-state index is 13.8. The average molecular weight is 580 g/mol. The van der Waals surface area contributed by atoms with Crippen LogP contribution in [0.3, 0.4) is 0 Å². The molecule has 1 atom stereocenters. The van der Waals surface area contributed by atoms with Crippen LogP contribution in [0.2, 0.25) is 0 Å². The Balaban J connectivity index is 1.28. The molecule has 3 heterocycles. The number of hydrogen-bond acceptors (Lipinski definition) is 10. The molecule has 214 valence electrons. The van der Waals surface area contributed by atoms with Gasteiger partial charge in [0.15, 0.2) is 22.7 Å². The number of nitrogen functional groups attached to an aromatic ring is 1. The number of fused-ring (bicyclic) bond motifs is 1. The van der Waals surface area contributed by atoms with Crippen LogP contribution in [-0.4, -0.2) is 39.1 Å². The molecule has 2 aromatic carbocycles. The quantitative estimate of drug-likeness (QED) is 0.180. The standard InChI is InChI=1S/C28H30N5O7P/c1-18-4-8-21(9-5-18)14-37-41(35,17-36-13-12-33-16-30-24-26(33)31-28(29)32-27(24)34)38-15-23-25(40-20(3)39-23)22-10-6-19(2)7-11-22/h4-11,16H,3,12-15,17H2,1-2H3,(H3,29,31,32,34). The number of nitrogens with one attached hydrogen (secondary N) is 1. The van der Waals surface area contributed by atoms with Crippen molar-refractivity contribution in [3.63, 3.8) is 0 Å². The molecular formula is C28H30N5O7P. The summed E-state index contributed by atoms with van der Waals surface area (Å²) in [5.74, 6) is 0.811. The minimum atomic E-state index is -3.80. The maximum absolute atomic E-state index is 13.8. The van der Waals surface area contributed by atoms with Crippen LogP contribution in [0.5, 0.6) is 0 Å². The Bertz CT molecular complexity index is 1690. The van der Waals surface area contributed by atoms with Gasteiger partial charge >= 0.3 is 7.60 Å². The van der Waals surface area contributed by atoms with Gasteiger partial charge in [-0.1, -0.05) is 59.7 Å². The number of nitrogens with zero attached hydrogens (tertiary/aromatic N) is 3. The molecule has 0 saturated heterocycles. The third-order valence-corrected chi connectivity index (χ3v) is 7.72. The summed E-state index contributed by atoms with van der Waals surface area (Å²) in [4.78, 5) is 22.6. The normalized spacial score (nSPS) is 14.7. The van der Waals surface area contributed by atoms with E-state index in [1.54, 1.807) is 4.57 Å². The van der Waals surface area contributed by atoms with Gasteiger partial charge in [-0.3, -0.25) is 18.9 Å². The molecule has 4 aromatic rings. The van der Waals surface area contributed by atoms with Crippen molar-refractivity contribution >= 4 is 30.5 Å². The lowest BCUT2D eigenvalue weighted by atomic mass is 10.1. The number of anilines is 1. The Labute approximate surface area is 235 Å². The minimum Gasteiger partial charge on any atom is -0.424 e. The topological polar surface area (TPSA) is 153 Å². The minimum absolute atomic E-state index is 0.0207. The first-order valence-electron chi connectivity index (χ1n) is 12.8. The van der Waals surface area contributed by atoms with E-state index < -0.39 is 13.2 Å². The number of H-pyrrole nitrogens is 1. The number of imidazole rings is 1. The number of hydrogen-bond donors (Lipinski definition) is 2. The average Bonchev–Trinajstić information content (AvgIpc) is 3.53. The molecule has 12 nitrogen and oxygen atoms in total. The monoisotopic (exact) mass is 579 g/mol. The van der Waals surface area contributed by atoms with Crippen molar-refractivity contribution in [1.82, 2.24) is 19.5 Å². The zero-order valence-corrected chi connectivity index (χ0v) is 23.6. The molecule has 41 heavy (non-hydrogen) atoms. The fraction of sp³-hybridized carbons (Fsp3) is 0.250. The van der Waals surface area contributed by atoms with Crippen LogP contribution in [-0.2, 0) is 41.0 Å². The summed E-state index contributed by atoms with van der Waals surface area (Å²) >= 11 is 0.